The zero-order valence-electron chi connectivity index (χ0n) is 21.3. The maximum absolute atomic E-state index is 13.3. The molecule has 1 N–H and O–H groups in total. The van der Waals surface area contributed by atoms with Gasteiger partial charge in [-0.2, -0.15) is 0 Å². The Morgan fingerprint density at radius 1 is 0.868 bits per heavy atom. The third-order valence-electron chi connectivity index (χ3n) is 6.46. The van der Waals surface area contributed by atoms with E-state index in [2.05, 4.69) is 23.5 Å². The number of benzene rings is 4. The molecule has 4 aromatic rings. The van der Waals surface area contributed by atoms with E-state index >= 15 is 0 Å². The Bertz CT molecular complexity index is 1620. The molecular weight excluding hydrogens is 480 g/mol. The number of amides is 4. The molecule has 0 spiro atoms. The minimum Gasteiger partial charge on any atom is -0.493 e. The van der Waals surface area contributed by atoms with Gasteiger partial charge in [0.1, 0.15) is 12.2 Å². The Hall–Kier alpha value is -4.91. The van der Waals surface area contributed by atoms with E-state index in [0.717, 1.165) is 32.4 Å². The fourth-order valence-electron chi connectivity index (χ4n) is 4.57. The van der Waals surface area contributed by atoms with Crippen LogP contribution in [-0.4, -0.2) is 25.0 Å². The minimum absolute atomic E-state index is 0.156. The van der Waals surface area contributed by atoms with Gasteiger partial charge in [-0.3, -0.25) is 14.9 Å². The first-order chi connectivity index (χ1) is 18.4. The van der Waals surface area contributed by atoms with Crippen LogP contribution < -0.4 is 19.7 Å². The molecule has 4 aromatic carbocycles. The van der Waals surface area contributed by atoms with Gasteiger partial charge in [-0.05, 0) is 65.6 Å². The molecule has 0 saturated carbocycles. The number of anilines is 1. The first-order valence-corrected chi connectivity index (χ1v) is 12.1. The molecule has 190 valence electrons. The summed E-state index contributed by atoms with van der Waals surface area (Å²) in [5, 5.41) is 4.51. The highest BCUT2D eigenvalue weighted by atomic mass is 16.5. The van der Waals surface area contributed by atoms with Crippen molar-refractivity contribution in [2.45, 2.75) is 20.5 Å². The lowest BCUT2D eigenvalue weighted by Crippen LogP contribution is -2.54. The van der Waals surface area contributed by atoms with E-state index in [-0.39, 0.29) is 5.57 Å². The molecule has 7 nitrogen and oxygen atoms in total. The number of nitrogens with zero attached hydrogens (tertiary/aromatic N) is 1. The molecule has 0 aliphatic carbocycles. The summed E-state index contributed by atoms with van der Waals surface area (Å²) in [4.78, 5) is 39.5. The van der Waals surface area contributed by atoms with Gasteiger partial charge in [-0.15, -0.1) is 0 Å². The third kappa shape index (κ3) is 4.74. The molecule has 1 aliphatic heterocycles. The molecule has 0 radical (unpaired) electrons. The number of fused-ring (bicyclic) bond motifs is 1. The summed E-state index contributed by atoms with van der Waals surface area (Å²) in [6.45, 7) is 4.07. The van der Waals surface area contributed by atoms with Crippen LogP contribution >= 0.6 is 0 Å². The maximum atomic E-state index is 13.3. The molecule has 38 heavy (non-hydrogen) atoms. The van der Waals surface area contributed by atoms with E-state index < -0.39 is 17.8 Å². The first-order valence-electron chi connectivity index (χ1n) is 12.1. The van der Waals surface area contributed by atoms with Gasteiger partial charge in [0, 0.05) is 0 Å². The molecule has 1 heterocycles. The van der Waals surface area contributed by atoms with Crippen LogP contribution in [0, 0.1) is 13.8 Å². The highest BCUT2D eigenvalue weighted by molar-refractivity contribution is 6.39. The van der Waals surface area contributed by atoms with Gasteiger partial charge < -0.3 is 9.47 Å². The third-order valence-corrected chi connectivity index (χ3v) is 6.46. The zero-order valence-corrected chi connectivity index (χ0v) is 21.3. The van der Waals surface area contributed by atoms with Crippen LogP contribution in [0.1, 0.15) is 22.3 Å². The van der Waals surface area contributed by atoms with Gasteiger partial charge in [-0.25, -0.2) is 9.69 Å². The average Bonchev–Trinajstić information content (AvgIpc) is 2.91. The van der Waals surface area contributed by atoms with Crippen LogP contribution in [0.2, 0.25) is 0 Å². The van der Waals surface area contributed by atoms with Crippen LogP contribution in [0.3, 0.4) is 0 Å². The Labute approximate surface area is 220 Å². The second-order valence-electron chi connectivity index (χ2n) is 9.09. The first kappa shape index (κ1) is 24.8. The number of urea groups is 1. The Balaban J connectivity index is 1.41. The number of aryl methyl sites for hydroxylation is 2. The van der Waals surface area contributed by atoms with E-state index in [0.29, 0.717) is 29.4 Å². The lowest BCUT2D eigenvalue weighted by atomic mass is 10.0. The van der Waals surface area contributed by atoms with Crippen LogP contribution in [-0.2, 0) is 16.2 Å². The molecule has 1 saturated heterocycles. The highest BCUT2D eigenvalue weighted by Crippen LogP contribution is 2.32. The largest absolute Gasteiger partial charge is 0.493 e. The van der Waals surface area contributed by atoms with Gasteiger partial charge in [0.25, 0.3) is 11.8 Å². The highest BCUT2D eigenvalue weighted by Gasteiger charge is 2.37. The summed E-state index contributed by atoms with van der Waals surface area (Å²) in [5.74, 6) is -0.475. The molecule has 1 aliphatic rings. The smallest absolute Gasteiger partial charge is 0.335 e. The number of hydrogen-bond acceptors (Lipinski definition) is 5. The second kappa shape index (κ2) is 10.2. The van der Waals surface area contributed by atoms with Crippen molar-refractivity contribution in [2.24, 2.45) is 0 Å². The van der Waals surface area contributed by atoms with Crippen LogP contribution in [0.15, 0.2) is 84.4 Å². The van der Waals surface area contributed by atoms with Crippen LogP contribution in [0.4, 0.5) is 10.5 Å². The lowest BCUT2D eigenvalue weighted by molar-refractivity contribution is -0.122. The Morgan fingerprint density at radius 3 is 2.45 bits per heavy atom. The molecule has 0 bridgehead atoms. The summed E-state index contributed by atoms with van der Waals surface area (Å²) in [6, 6.07) is 23.9. The van der Waals surface area contributed by atoms with Crippen molar-refractivity contribution in [3.63, 3.8) is 0 Å². The monoisotopic (exact) mass is 506 g/mol. The van der Waals surface area contributed by atoms with E-state index in [1.165, 1.54) is 13.2 Å². The number of hydrogen-bond donors (Lipinski definition) is 1. The lowest BCUT2D eigenvalue weighted by Gasteiger charge is -2.27. The predicted molar refractivity (Wildman–Crippen MR) is 146 cm³/mol. The van der Waals surface area contributed by atoms with Gasteiger partial charge in [-0.1, -0.05) is 66.2 Å². The topological polar surface area (TPSA) is 84.9 Å². The van der Waals surface area contributed by atoms with Crippen molar-refractivity contribution in [3.8, 4) is 11.5 Å². The number of ether oxygens (including phenoxy) is 2. The number of barbiturate groups is 1. The Kier molecular flexibility index (Phi) is 6.66. The quantitative estimate of drug-likeness (QED) is 0.267. The van der Waals surface area contributed by atoms with Crippen molar-refractivity contribution in [2.75, 3.05) is 12.0 Å². The fraction of sp³-hybridized carbons (Fsp3) is 0.129. The summed E-state index contributed by atoms with van der Waals surface area (Å²) in [7, 11) is 1.52. The maximum Gasteiger partial charge on any atom is 0.335 e. The molecule has 1 fully saturated rings. The molecule has 0 atom stereocenters. The number of carbonyl (C=O) groups is 3. The van der Waals surface area contributed by atoms with Crippen molar-refractivity contribution in [1.29, 1.82) is 0 Å². The molecule has 4 amide bonds. The van der Waals surface area contributed by atoms with Gasteiger partial charge in [0.15, 0.2) is 11.5 Å². The van der Waals surface area contributed by atoms with Crippen LogP contribution in [0.25, 0.3) is 16.8 Å². The fourth-order valence-corrected chi connectivity index (χ4v) is 4.57. The van der Waals surface area contributed by atoms with Crippen LogP contribution in [0.5, 0.6) is 11.5 Å². The second-order valence-corrected chi connectivity index (χ2v) is 9.09. The Morgan fingerprint density at radius 2 is 1.66 bits per heavy atom. The zero-order chi connectivity index (χ0) is 26.8. The number of imide groups is 2. The summed E-state index contributed by atoms with van der Waals surface area (Å²) >= 11 is 0. The SMILES string of the molecule is COc1cc(/C=C2\C(=O)NC(=O)N(c3ccc(C)cc3C)C2=O)ccc1OCc1cccc2ccccc12. The van der Waals surface area contributed by atoms with Crippen molar-refractivity contribution in [3.05, 3.63) is 107 Å². The van der Waals surface area contributed by atoms with Crippen molar-refractivity contribution in [1.82, 2.24) is 5.32 Å². The van der Waals surface area contributed by atoms with E-state index in [1.54, 1.807) is 24.3 Å². The standard InChI is InChI=1S/C31H26N2O5/c1-19-11-13-26(20(2)15-19)33-30(35)25(29(34)32-31(33)36)16-21-12-14-27(28(17-21)37-3)38-18-23-9-6-8-22-7-4-5-10-24(22)23/h4-17H,18H2,1-3H3,(H,32,34,36)/b25-16+. The van der Waals surface area contributed by atoms with E-state index in [4.69, 9.17) is 9.47 Å². The molecule has 5 rings (SSSR count). The molecule has 0 aromatic heterocycles. The van der Waals surface area contributed by atoms with Crippen molar-refractivity contribution >= 4 is 40.4 Å². The number of carbonyl (C=O) groups excluding carboxylic acids is 3. The average molecular weight is 507 g/mol. The van der Waals surface area contributed by atoms with Gasteiger partial charge in [0.2, 0.25) is 0 Å². The van der Waals surface area contributed by atoms with Gasteiger partial charge in [0.05, 0.1) is 12.8 Å². The summed E-state index contributed by atoms with van der Waals surface area (Å²) < 4.78 is 11.6. The normalized spacial score (nSPS) is 14.7. The summed E-state index contributed by atoms with van der Waals surface area (Å²) in [6.07, 6.45) is 1.44. The molecule has 7 heteroatoms. The number of methoxy groups -OCH3 is 1. The minimum atomic E-state index is -0.779. The summed E-state index contributed by atoms with van der Waals surface area (Å²) in [5.41, 5.74) is 3.60. The predicted octanol–water partition coefficient (Wildman–Crippen LogP) is 5.71. The molecular formula is C31H26N2O5. The molecule has 0 unspecified atom stereocenters. The number of rotatable bonds is 6. The van der Waals surface area contributed by atoms with E-state index in [1.807, 2.05) is 50.2 Å². The van der Waals surface area contributed by atoms with Gasteiger partial charge >= 0.3 is 6.03 Å². The van der Waals surface area contributed by atoms with E-state index in [9.17, 15) is 14.4 Å². The van der Waals surface area contributed by atoms with Crippen molar-refractivity contribution < 1.29 is 23.9 Å². The number of nitrogens with one attached hydrogen (secondary N) is 1.